The Kier molecular flexibility index (Phi) is 5.89. The van der Waals surface area contributed by atoms with Crippen LogP contribution in [0.15, 0.2) is 0 Å². The number of carbonyl (C=O) groups is 1. The lowest BCUT2D eigenvalue weighted by Crippen LogP contribution is -2.47. The fourth-order valence-electron chi connectivity index (χ4n) is 2.26. The van der Waals surface area contributed by atoms with E-state index < -0.39 is 17.7 Å². The lowest BCUT2D eigenvalue weighted by atomic mass is 10.1. The predicted molar refractivity (Wildman–Crippen MR) is 73.4 cm³/mol. The van der Waals surface area contributed by atoms with Crippen molar-refractivity contribution in [2.45, 2.75) is 70.6 Å². The van der Waals surface area contributed by atoms with Crippen molar-refractivity contribution in [3.05, 3.63) is 0 Å². The molecule has 0 radical (unpaired) electrons. The Hall–Kier alpha value is -0.750. The molecule has 2 N–H and O–H groups in total. The Balaban J connectivity index is 2.32. The molecule has 0 aromatic heterocycles. The zero-order valence-electron chi connectivity index (χ0n) is 12.6. The van der Waals surface area contributed by atoms with Crippen molar-refractivity contribution < 1.29 is 18.3 Å². The highest BCUT2D eigenvalue weighted by atomic mass is 19.3. The highest BCUT2D eigenvalue weighted by molar-refractivity contribution is 5.70. The van der Waals surface area contributed by atoms with E-state index in [2.05, 4.69) is 0 Å². The van der Waals surface area contributed by atoms with Crippen LogP contribution in [0.25, 0.3) is 0 Å². The van der Waals surface area contributed by atoms with Gasteiger partial charge in [-0.3, -0.25) is 4.79 Å². The minimum absolute atomic E-state index is 0.0662. The monoisotopic (exact) mass is 292 g/mol. The van der Waals surface area contributed by atoms with Crippen LogP contribution in [-0.2, 0) is 9.53 Å². The van der Waals surface area contributed by atoms with E-state index in [-0.39, 0.29) is 25.4 Å². The first-order valence-corrected chi connectivity index (χ1v) is 7.20. The van der Waals surface area contributed by atoms with Crippen molar-refractivity contribution in [2.24, 2.45) is 5.73 Å². The molecule has 1 heterocycles. The van der Waals surface area contributed by atoms with E-state index in [0.29, 0.717) is 19.4 Å². The largest absolute Gasteiger partial charge is 0.460 e. The summed E-state index contributed by atoms with van der Waals surface area (Å²) in [7, 11) is 0. The van der Waals surface area contributed by atoms with Crippen LogP contribution in [0.3, 0.4) is 0 Å². The second kappa shape index (κ2) is 6.80. The van der Waals surface area contributed by atoms with Gasteiger partial charge in [-0.1, -0.05) is 0 Å². The summed E-state index contributed by atoms with van der Waals surface area (Å²) in [6, 6.07) is -3.17. The third-order valence-electron chi connectivity index (χ3n) is 3.24. The van der Waals surface area contributed by atoms with Crippen LogP contribution in [0.5, 0.6) is 0 Å². The van der Waals surface area contributed by atoms with Crippen LogP contribution >= 0.6 is 0 Å². The molecule has 20 heavy (non-hydrogen) atoms. The molecule has 1 aliphatic rings. The van der Waals surface area contributed by atoms with Crippen molar-refractivity contribution in [2.75, 3.05) is 13.1 Å². The molecule has 1 aliphatic heterocycles. The molecule has 0 bridgehead atoms. The SMILES string of the molecule is CC(C)(C)OC(=O)CC(N)CCN1CCCCC1(F)F. The summed E-state index contributed by atoms with van der Waals surface area (Å²) < 4.78 is 32.4. The first-order valence-electron chi connectivity index (χ1n) is 7.20. The van der Waals surface area contributed by atoms with Crippen LogP contribution < -0.4 is 5.73 Å². The third-order valence-corrected chi connectivity index (χ3v) is 3.24. The lowest BCUT2D eigenvalue weighted by molar-refractivity contribution is -0.168. The summed E-state index contributed by atoms with van der Waals surface area (Å²) in [6.45, 7) is 5.96. The van der Waals surface area contributed by atoms with Crippen LogP contribution in [0, 0.1) is 0 Å². The molecule has 1 fully saturated rings. The van der Waals surface area contributed by atoms with Gasteiger partial charge < -0.3 is 10.5 Å². The third kappa shape index (κ3) is 6.13. The van der Waals surface area contributed by atoms with Gasteiger partial charge in [0, 0.05) is 25.6 Å². The molecule has 0 aromatic rings. The van der Waals surface area contributed by atoms with Gasteiger partial charge in [-0.25, -0.2) is 4.90 Å². The van der Waals surface area contributed by atoms with E-state index in [1.807, 2.05) is 0 Å². The zero-order valence-corrected chi connectivity index (χ0v) is 12.6. The number of carbonyl (C=O) groups excluding carboxylic acids is 1. The molecular formula is C14H26F2N2O2. The molecule has 4 nitrogen and oxygen atoms in total. The average Bonchev–Trinajstić information content (AvgIpc) is 2.24. The Morgan fingerprint density at radius 3 is 2.60 bits per heavy atom. The van der Waals surface area contributed by atoms with Crippen molar-refractivity contribution in [1.82, 2.24) is 4.90 Å². The number of hydrogen-bond acceptors (Lipinski definition) is 4. The van der Waals surface area contributed by atoms with Crippen molar-refractivity contribution in [3.63, 3.8) is 0 Å². The van der Waals surface area contributed by atoms with Crippen LogP contribution in [0.1, 0.15) is 52.9 Å². The summed E-state index contributed by atoms with van der Waals surface area (Å²) in [6.07, 6.45) is 1.70. The smallest absolute Gasteiger partial charge is 0.307 e. The van der Waals surface area contributed by atoms with E-state index in [1.54, 1.807) is 20.8 Å². The standard InChI is InChI=1S/C14H26F2N2O2/c1-13(2,3)20-12(19)10-11(17)6-9-18-8-5-4-7-14(18,15)16/h11H,4-10,17H2,1-3H3. The summed E-state index contributed by atoms with van der Waals surface area (Å²) in [4.78, 5) is 12.8. The van der Waals surface area contributed by atoms with Crippen molar-refractivity contribution in [1.29, 1.82) is 0 Å². The van der Waals surface area contributed by atoms with E-state index in [9.17, 15) is 13.6 Å². The van der Waals surface area contributed by atoms with Gasteiger partial charge >= 0.3 is 12.0 Å². The van der Waals surface area contributed by atoms with Gasteiger partial charge in [0.05, 0.1) is 6.42 Å². The van der Waals surface area contributed by atoms with Gasteiger partial charge in [0.2, 0.25) is 0 Å². The number of ether oxygens (including phenoxy) is 1. The first kappa shape index (κ1) is 17.3. The number of esters is 1. The molecule has 1 atom stereocenters. The Labute approximate surface area is 119 Å². The molecular weight excluding hydrogens is 266 g/mol. The molecule has 1 rings (SSSR count). The second-order valence-electron chi connectivity index (χ2n) is 6.45. The van der Waals surface area contributed by atoms with Gasteiger partial charge in [-0.2, -0.15) is 8.78 Å². The molecule has 6 heteroatoms. The minimum Gasteiger partial charge on any atom is -0.460 e. The highest BCUT2D eigenvalue weighted by Crippen LogP contribution is 2.31. The normalized spacial score (nSPS) is 21.5. The lowest BCUT2D eigenvalue weighted by Gasteiger charge is -2.35. The van der Waals surface area contributed by atoms with E-state index in [4.69, 9.17) is 10.5 Å². The Morgan fingerprint density at radius 2 is 2.05 bits per heavy atom. The molecule has 0 aliphatic carbocycles. The summed E-state index contributed by atoms with van der Waals surface area (Å²) in [5.41, 5.74) is 5.28. The van der Waals surface area contributed by atoms with Gasteiger partial charge in [-0.15, -0.1) is 0 Å². The topological polar surface area (TPSA) is 55.6 Å². The number of nitrogens with zero attached hydrogens (tertiary/aromatic N) is 1. The fourth-order valence-corrected chi connectivity index (χ4v) is 2.26. The average molecular weight is 292 g/mol. The number of likely N-dealkylation sites (tertiary alicyclic amines) is 1. The minimum atomic E-state index is -2.73. The van der Waals surface area contributed by atoms with Crippen LogP contribution in [0.2, 0.25) is 0 Å². The molecule has 0 amide bonds. The van der Waals surface area contributed by atoms with Gasteiger partial charge in [-0.05, 0) is 40.0 Å². The molecule has 1 unspecified atom stereocenters. The number of hydrogen-bond donors (Lipinski definition) is 1. The Bertz CT molecular complexity index is 330. The molecule has 118 valence electrons. The van der Waals surface area contributed by atoms with Gasteiger partial charge in [0.15, 0.2) is 0 Å². The molecule has 0 spiro atoms. The van der Waals surface area contributed by atoms with Gasteiger partial charge in [0.1, 0.15) is 5.60 Å². The molecule has 0 aromatic carbocycles. The van der Waals surface area contributed by atoms with Gasteiger partial charge in [0.25, 0.3) is 0 Å². The maximum atomic E-state index is 13.6. The van der Waals surface area contributed by atoms with E-state index in [1.165, 1.54) is 4.90 Å². The maximum absolute atomic E-state index is 13.6. The fraction of sp³-hybridized carbons (Fsp3) is 0.929. The van der Waals surface area contributed by atoms with E-state index >= 15 is 0 Å². The first-order chi connectivity index (χ1) is 9.10. The quantitative estimate of drug-likeness (QED) is 0.625. The predicted octanol–water partition coefficient (Wildman–Crippen LogP) is 2.51. The van der Waals surface area contributed by atoms with Crippen molar-refractivity contribution >= 4 is 5.97 Å². The Morgan fingerprint density at radius 1 is 1.40 bits per heavy atom. The zero-order chi connectivity index (χ0) is 15.4. The molecule has 1 saturated heterocycles. The van der Waals surface area contributed by atoms with Crippen molar-refractivity contribution in [3.8, 4) is 0 Å². The maximum Gasteiger partial charge on any atom is 0.307 e. The van der Waals surface area contributed by atoms with Crippen LogP contribution in [0.4, 0.5) is 8.78 Å². The number of rotatable bonds is 5. The number of nitrogens with two attached hydrogens (primary N) is 1. The summed E-state index contributed by atoms with van der Waals surface area (Å²) in [5.74, 6) is -0.379. The summed E-state index contributed by atoms with van der Waals surface area (Å²) >= 11 is 0. The second-order valence-corrected chi connectivity index (χ2v) is 6.45. The van der Waals surface area contributed by atoms with E-state index in [0.717, 1.165) is 6.42 Å². The van der Waals surface area contributed by atoms with Crippen LogP contribution in [-0.4, -0.2) is 41.6 Å². The number of alkyl halides is 2. The molecule has 0 saturated carbocycles. The number of halogens is 2. The summed E-state index contributed by atoms with van der Waals surface area (Å²) in [5, 5.41) is 0. The highest BCUT2D eigenvalue weighted by Gasteiger charge is 2.38. The number of piperidine rings is 1.